The highest BCUT2D eigenvalue weighted by Crippen LogP contribution is 2.29. The number of aryl methyl sites for hydroxylation is 1. The van der Waals surface area contributed by atoms with Gasteiger partial charge in [0.05, 0.1) is 16.8 Å². The predicted octanol–water partition coefficient (Wildman–Crippen LogP) is 2.15. The van der Waals surface area contributed by atoms with Crippen LogP contribution in [0.3, 0.4) is 0 Å². The van der Waals surface area contributed by atoms with Crippen molar-refractivity contribution in [3.63, 3.8) is 0 Å². The molecule has 2 aromatic heterocycles. The van der Waals surface area contributed by atoms with E-state index in [4.69, 9.17) is 16.0 Å². The van der Waals surface area contributed by atoms with Crippen molar-refractivity contribution in [3.8, 4) is 11.5 Å². The van der Waals surface area contributed by atoms with Crippen LogP contribution in [0.5, 0.6) is 0 Å². The van der Waals surface area contributed by atoms with E-state index in [1.54, 1.807) is 19.3 Å². The van der Waals surface area contributed by atoms with Crippen LogP contribution in [0.2, 0.25) is 5.02 Å². The Labute approximate surface area is 85.1 Å². The molecule has 0 bridgehead atoms. The van der Waals surface area contributed by atoms with Crippen molar-refractivity contribution in [2.75, 3.05) is 0 Å². The maximum atomic E-state index is 10.7. The van der Waals surface area contributed by atoms with E-state index in [1.807, 2.05) is 0 Å². The number of halogens is 1. The number of nitrogens with zero attached hydrogens (tertiary/aromatic N) is 2. The Balaban J connectivity index is 2.61. The molecule has 2 heterocycles. The standard InChI is InChI=1S/C9H7ClN2O2/c1-12-4-6(5-13)8(11-12)9-7(10)2-3-14-9/h2-5H,1H3. The van der Waals surface area contributed by atoms with Crippen molar-refractivity contribution < 1.29 is 9.21 Å². The Bertz CT molecular complexity index is 473. The van der Waals surface area contributed by atoms with Crippen molar-refractivity contribution in [2.45, 2.75) is 0 Å². The van der Waals surface area contributed by atoms with Crippen molar-refractivity contribution in [1.82, 2.24) is 9.78 Å². The molecule has 0 saturated carbocycles. The van der Waals surface area contributed by atoms with E-state index < -0.39 is 0 Å². The van der Waals surface area contributed by atoms with E-state index >= 15 is 0 Å². The first-order valence-corrected chi connectivity index (χ1v) is 4.32. The lowest BCUT2D eigenvalue weighted by Crippen LogP contribution is -1.87. The summed E-state index contributed by atoms with van der Waals surface area (Å²) in [5.41, 5.74) is 0.932. The summed E-state index contributed by atoms with van der Waals surface area (Å²) in [5.74, 6) is 0.425. The van der Waals surface area contributed by atoms with Gasteiger partial charge in [-0.05, 0) is 6.07 Å². The summed E-state index contributed by atoms with van der Waals surface area (Å²) < 4.78 is 6.68. The lowest BCUT2D eigenvalue weighted by molar-refractivity contribution is 0.112. The molecule has 0 fully saturated rings. The maximum Gasteiger partial charge on any atom is 0.173 e. The fourth-order valence-electron chi connectivity index (χ4n) is 1.23. The summed E-state index contributed by atoms with van der Waals surface area (Å²) in [6, 6.07) is 1.61. The van der Waals surface area contributed by atoms with Gasteiger partial charge in [-0.3, -0.25) is 9.48 Å². The first-order valence-electron chi connectivity index (χ1n) is 3.94. The number of furan rings is 1. The predicted molar refractivity (Wildman–Crippen MR) is 51.3 cm³/mol. The van der Waals surface area contributed by atoms with E-state index in [2.05, 4.69) is 5.10 Å². The van der Waals surface area contributed by atoms with Crippen molar-refractivity contribution in [1.29, 1.82) is 0 Å². The third kappa shape index (κ3) is 1.33. The molecule has 2 rings (SSSR count). The molecule has 0 aliphatic carbocycles. The molecule has 4 nitrogen and oxygen atoms in total. The van der Waals surface area contributed by atoms with Crippen molar-refractivity contribution >= 4 is 17.9 Å². The van der Waals surface area contributed by atoms with Crippen LogP contribution in [-0.4, -0.2) is 16.1 Å². The van der Waals surface area contributed by atoms with Gasteiger partial charge in [0.15, 0.2) is 12.0 Å². The summed E-state index contributed by atoms with van der Waals surface area (Å²) >= 11 is 5.85. The van der Waals surface area contributed by atoms with Gasteiger partial charge in [0.2, 0.25) is 0 Å². The number of hydrogen-bond donors (Lipinski definition) is 0. The van der Waals surface area contributed by atoms with Crippen LogP contribution in [0.25, 0.3) is 11.5 Å². The molecule has 14 heavy (non-hydrogen) atoms. The summed E-state index contributed by atoms with van der Waals surface area (Å²) in [7, 11) is 1.73. The zero-order valence-electron chi connectivity index (χ0n) is 7.40. The van der Waals surface area contributed by atoms with Crippen LogP contribution in [0.4, 0.5) is 0 Å². The lowest BCUT2D eigenvalue weighted by Gasteiger charge is -1.92. The van der Waals surface area contributed by atoms with Gasteiger partial charge in [0.25, 0.3) is 0 Å². The van der Waals surface area contributed by atoms with Crippen LogP contribution in [-0.2, 0) is 7.05 Å². The number of aldehydes is 1. The Morgan fingerprint density at radius 3 is 3.00 bits per heavy atom. The highest BCUT2D eigenvalue weighted by atomic mass is 35.5. The minimum atomic E-state index is 0.425. The smallest absolute Gasteiger partial charge is 0.173 e. The van der Waals surface area contributed by atoms with Gasteiger partial charge in [0.1, 0.15) is 5.69 Å². The molecule has 2 aromatic rings. The zero-order chi connectivity index (χ0) is 10.1. The number of carbonyl (C=O) groups is 1. The second kappa shape index (κ2) is 3.31. The van der Waals surface area contributed by atoms with Gasteiger partial charge < -0.3 is 4.42 Å². The van der Waals surface area contributed by atoms with E-state index in [1.165, 1.54) is 10.9 Å². The van der Waals surface area contributed by atoms with Gasteiger partial charge in [-0.1, -0.05) is 11.6 Å². The maximum absolute atomic E-state index is 10.7. The molecule has 0 atom stereocenters. The number of carbonyl (C=O) groups excluding carboxylic acids is 1. The fraction of sp³-hybridized carbons (Fsp3) is 0.111. The SMILES string of the molecule is Cn1cc(C=O)c(-c2occc2Cl)n1. The van der Waals surface area contributed by atoms with Crippen LogP contribution in [0.1, 0.15) is 10.4 Å². The Kier molecular flexibility index (Phi) is 2.13. The summed E-state index contributed by atoms with van der Waals surface area (Å²) in [6.07, 6.45) is 3.79. The number of rotatable bonds is 2. The van der Waals surface area contributed by atoms with E-state index in [0.29, 0.717) is 22.0 Å². The second-order valence-electron chi connectivity index (χ2n) is 2.82. The molecule has 0 unspecified atom stereocenters. The van der Waals surface area contributed by atoms with Crippen LogP contribution < -0.4 is 0 Å². The minimum Gasteiger partial charge on any atom is -0.461 e. The minimum absolute atomic E-state index is 0.425. The molecule has 0 N–H and O–H groups in total. The third-order valence-corrected chi connectivity index (χ3v) is 2.11. The largest absolute Gasteiger partial charge is 0.461 e. The topological polar surface area (TPSA) is 48.0 Å². The van der Waals surface area contributed by atoms with Crippen LogP contribution >= 0.6 is 11.6 Å². The van der Waals surface area contributed by atoms with E-state index in [9.17, 15) is 4.79 Å². The van der Waals surface area contributed by atoms with Gasteiger partial charge in [-0.2, -0.15) is 5.10 Å². The zero-order valence-corrected chi connectivity index (χ0v) is 8.15. The molecule has 0 saturated heterocycles. The highest BCUT2D eigenvalue weighted by molar-refractivity contribution is 6.33. The third-order valence-electron chi connectivity index (χ3n) is 1.82. The van der Waals surface area contributed by atoms with Crippen molar-refractivity contribution in [2.24, 2.45) is 7.05 Å². The Morgan fingerprint density at radius 1 is 1.64 bits per heavy atom. The fourth-order valence-corrected chi connectivity index (χ4v) is 1.42. The lowest BCUT2D eigenvalue weighted by atomic mass is 10.2. The average Bonchev–Trinajstić information content (AvgIpc) is 2.71. The molecule has 5 heteroatoms. The van der Waals surface area contributed by atoms with Crippen LogP contribution in [0, 0.1) is 0 Å². The average molecular weight is 211 g/mol. The summed E-state index contributed by atoms with van der Waals surface area (Å²) in [4.78, 5) is 10.7. The molecule has 0 aliphatic rings. The number of aromatic nitrogens is 2. The van der Waals surface area contributed by atoms with Gasteiger partial charge in [0, 0.05) is 13.2 Å². The Morgan fingerprint density at radius 2 is 2.43 bits per heavy atom. The van der Waals surface area contributed by atoms with Gasteiger partial charge >= 0.3 is 0 Å². The van der Waals surface area contributed by atoms with Gasteiger partial charge in [-0.25, -0.2) is 0 Å². The molecule has 0 amide bonds. The summed E-state index contributed by atoms with van der Waals surface area (Å²) in [5, 5.41) is 4.54. The van der Waals surface area contributed by atoms with Crippen molar-refractivity contribution in [3.05, 3.63) is 29.1 Å². The first-order chi connectivity index (χ1) is 6.72. The van der Waals surface area contributed by atoms with E-state index in [-0.39, 0.29) is 0 Å². The normalized spacial score (nSPS) is 10.4. The molecular weight excluding hydrogens is 204 g/mol. The first kappa shape index (κ1) is 9.02. The quantitative estimate of drug-likeness (QED) is 0.714. The van der Waals surface area contributed by atoms with Crippen LogP contribution in [0.15, 0.2) is 22.9 Å². The number of hydrogen-bond acceptors (Lipinski definition) is 3. The molecule has 0 radical (unpaired) electrons. The molecule has 0 aromatic carbocycles. The second-order valence-corrected chi connectivity index (χ2v) is 3.23. The highest BCUT2D eigenvalue weighted by Gasteiger charge is 2.15. The van der Waals surface area contributed by atoms with E-state index in [0.717, 1.165) is 6.29 Å². The molecular formula is C9H7ClN2O2. The molecule has 0 spiro atoms. The summed E-state index contributed by atoms with van der Waals surface area (Å²) in [6.45, 7) is 0. The molecule has 0 aliphatic heterocycles. The molecule has 72 valence electrons. The monoisotopic (exact) mass is 210 g/mol. The Hall–Kier alpha value is -1.55. The van der Waals surface area contributed by atoms with Gasteiger partial charge in [-0.15, -0.1) is 0 Å².